The predicted molar refractivity (Wildman–Crippen MR) is 111 cm³/mol. The van der Waals surface area contributed by atoms with Gasteiger partial charge in [0.1, 0.15) is 5.82 Å². The van der Waals surface area contributed by atoms with Gasteiger partial charge in [-0.3, -0.25) is 4.79 Å². The fourth-order valence-corrected chi connectivity index (χ4v) is 3.04. The molecule has 1 atom stereocenters. The average Bonchev–Trinajstić information content (AvgIpc) is 2.70. The maximum Gasteiger partial charge on any atom is 0.347 e. The van der Waals surface area contributed by atoms with Gasteiger partial charge in [0.2, 0.25) is 0 Å². The Kier molecular flexibility index (Phi) is 6.39. The molecule has 152 valence electrons. The van der Waals surface area contributed by atoms with Gasteiger partial charge in [0.15, 0.2) is 17.6 Å². The summed E-state index contributed by atoms with van der Waals surface area (Å²) < 4.78 is 16.3. The summed E-state index contributed by atoms with van der Waals surface area (Å²) >= 11 is 6.43. The van der Waals surface area contributed by atoms with Crippen LogP contribution in [0.25, 0.3) is 22.3 Å². The van der Waals surface area contributed by atoms with E-state index in [4.69, 9.17) is 25.8 Å². The lowest BCUT2D eigenvalue weighted by atomic mass is 10.1. The van der Waals surface area contributed by atoms with Crippen molar-refractivity contribution < 1.29 is 19.0 Å². The number of benzene rings is 2. The van der Waals surface area contributed by atoms with Crippen LogP contribution in [0.2, 0.25) is 5.02 Å². The maximum absolute atomic E-state index is 12.4. The van der Waals surface area contributed by atoms with Gasteiger partial charge in [-0.05, 0) is 45.0 Å². The van der Waals surface area contributed by atoms with Crippen LogP contribution in [0, 0.1) is 0 Å². The first kappa shape index (κ1) is 20.7. The molecular formula is C21H21ClN2O5. The number of halogens is 1. The molecule has 0 bridgehead atoms. The highest BCUT2D eigenvalue weighted by Crippen LogP contribution is 2.39. The van der Waals surface area contributed by atoms with E-state index in [1.165, 1.54) is 0 Å². The molecule has 29 heavy (non-hydrogen) atoms. The maximum atomic E-state index is 12.4. The zero-order chi connectivity index (χ0) is 21.0. The van der Waals surface area contributed by atoms with E-state index in [0.717, 1.165) is 0 Å². The number of aromatic amines is 1. The van der Waals surface area contributed by atoms with Crippen molar-refractivity contribution in [3.05, 3.63) is 51.8 Å². The minimum absolute atomic E-state index is 0.220. The first-order chi connectivity index (χ1) is 13.9. The van der Waals surface area contributed by atoms with E-state index in [-0.39, 0.29) is 22.9 Å². The summed E-state index contributed by atoms with van der Waals surface area (Å²) in [4.78, 5) is 31.5. The lowest BCUT2D eigenvalue weighted by molar-refractivity contribution is -0.150. The van der Waals surface area contributed by atoms with Crippen LogP contribution in [0.3, 0.4) is 0 Å². The molecule has 0 aliphatic carbocycles. The number of hydrogen-bond acceptors (Lipinski definition) is 6. The molecule has 0 fully saturated rings. The third-order valence-corrected chi connectivity index (χ3v) is 4.39. The summed E-state index contributed by atoms with van der Waals surface area (Å²) in [5, 5.41) is 0.716. The van der Waals surface area contributed by atoms with Gasteiger partial charge in [0.25, 0.3) is 5.56 Å². The van der Waals surface area contributed by atoms with Crippen LogP contribution in [0.1, 0.15) is 20.8 Å². The van der Waals surface area contributed by atoms with E-state index in [1.807, 2.05) is 13.0 Å². The van der Waals surface area contributed by atoms with Gasteiger partial charge in [0, 0.05) is 5.56 Å². The number of rotatable bonds is 7. The van der Waals surface area contributed by atoms with E-state index in [9.17, 15) is 9.59 Å². The van der Waals surface area contributed by atoms with Crippen LogP contribution in [-0.4, -0.2) is 35.3 Å². The van der Waals surface area contributed by atoms with Crippen molar-refractivity contribution in [1.82, 2.24) is 9.97 Å². The van der Waals surface area contributed by atoms with Crippen molar-refractivity contribution >= 4 is 28.5 Å². The Hall–Kier alpha value is -3.06. The third kappa shape index (κ3) is 4.51. The van der Waals surface area contributed by atoms with Gasteiger partial charge in [-0.2, -0.15) is 0 Å². The number of fused-ring (bicyclic) bond motifs is 1. The zero-order valence-electron chi connectivity index (χ0n) is 16.3. The van der Waals surface area contributed by atoms with Crippen LogP contribution in [0.5, 0.6) is 11.5 Å². The lowest BCUT2D eigenvalue weighted by Gasteiger charge is -2.18. The molecule has 7 nitrogen and oxygen atoms in total. The van der Waals surface area contributed by atoms with Gasteiger partial charge < -0.3 is 19.2 Å². The summed E-state index contributed by atoms with van der Waals surface area (Å²) in [6.45, 7) is 5.70. The topological polar surface area (TPSA) is 90.5 Å². The second-order valence-corrected chi connectivity index (χ2v) is 6.57. The minimum atomic E-state index is -0.865. The highest BCUT2D eigenvalue weighted by molar-refractivity contribution is 6.32. The highest BCUT2D eigenvalue weighted by atomic mass is 35.5. The van der Waals surface area contributed by atoms with Crippen molar-refractivity contribution in [2.75, 3.05) is 13.2 Å². The largest absolute Gasteiger partial charge is 0.490 e. The minimum Gasteiger partial charge on any atom is -0.490 e. The highest BCUT2D eigenvalue weighted by Gasteiger charge is 2.22. The Morgan fingerprint density at radius 1 is 1.21 bits per heavy atom. The lowest BCUT2D eigenvalue weighted by Crippen LogP contribution is -2.26. The van der Waals surface area contributed by atoms with Crippen molar-refractivity contribution in [2.24, 2.45) is 0 Å². The molecule has 0 saturated heterocycles. The van der Waals surface area contributed by atoms with Crippen molar-refractivity contribution in [3.8, 4) is 22.9 Å². The van der Waals surface area contributed by atoms with E-state index >= 15 is 0 Å². The summed E-state index contributed by atoms with van der Waals surface area (Å²) in [6, 6.07) is 10.3. The van der Waals surface area contributed by atoms with E-state index in [1.54, 1.807) is 44.2 Å². The predicted octanol–water partition coefficient (Wildman–Crippen LogP) is 3.97. The summed E-state index contributed by atoms with van der Waals surface area (Å²) in [7, 11) is 0. The standard InChI is InChI=1S/C21H21ClN2O5/c1-4-27-17-11-13(10-15(22)18(17)29-12(3)21(26)28-5-2)19-23-16-9-7-6-8-14(16)20(25)24-19/h6-12H,4-5H2,1-3H3,(H,23,24,25). The van der Waals surface area contributed by atoms with Crippen molar-refractivity contribution in [2.45, 2.75) is 26.9 Å². The summed E-state index contributed by atoms with van der Waals surface area (Å²) in [6.07, 6.45) is -0.865. The van der Waals surface area contributed by atoms with Gasteiger partial charge >= 0.3 is 5.97 Å². The molecule has 1 heterocycles. The molecule has 1 N–H and O–H groups in total. The molecule has 3 rings (SSSR count). The SMILES string of the molecule is CCOC(=O)C(C)Oc1c(Cl)cc(-c2nc3ccccc3c(=O)[nH]2)cc1OCC. The molecule has 0 spiro atoms. The Bertz CT molecular complexity index is 1100. The fourth-order valence-electron chi connectivity index (χ4n) is 2.79. The van der Waals surface area contributed by atoms with Gasteiger partial charge in [-0.15, -0.1) is 0 Å². The van der Waals surface area contributed by atoms with Gasteiger partial charge in [-0.25, -0.2) is 9.78 Å². The number of carbonyl (C=O) groups is 1. The Labute approximate surface area is 172 Å². The number of carbonyl (C=O) groups excluding carboxylic acids is 1. The molecule has 0 amide bonds. The van der Waals surface area contributed by atoms with Crippen LogP contribution in [-0.2, 0) is 9.53 Å². The van der Waals surface area contributed by atoms with Crippen LogP contribution < -0.4 is 15.0 Å². The smallest absolute Gasteiger partial charge is 0.347 e. The first-order valence-electron chi connectivity index (χ1n) is 9.23. The summed E-state index contributed by atoms with van der Waals surface area (Å²) in [5.41, 5.74) is 0.866. The molecule has 0 aliphatic heterocycles. The quantitative estimate of drug-likeness (QED) is 0.586. The van der Waals surface area contributed by atoms with Crippen molar-refractivity contribution in [3.63, 3.8) is 0 Å². The second kappa shape index (κ2) is 8.96. The van der Waals surface area contributed by atoms with Gasteiger partial charge in [0.05, 0.1) is 29.1 Å². The molecule has 0 aliphatic rings. The number of ether oxygens (including phenoxy) is 3. The van der Waals surface area contributed by atoms with E-state index in [2.05, 4.69) is 9.97 Å². The molecule has 0 saturated carbocycles. The Morgan fingerprint density at radius 2 is 1.97 bits per heavy atom. The number of nitrogens with zero attached hydrogens (tertiary/aromatic N) is 1. The molecule has 2 aromatic carbocycles. The Balaban J connectivity index is 2.04. The number of esters is 1. The van der Waals surface area contributed by atoms with E-state index in [0.29, 0.717) is 34.6 Å². The Morgan fingerprint density at radius 3 is 2.69 bits per heavy atom. The molecule has 1 unspecified atom stereocenters. The number of H-pyrrole nitrogens is 1. The van der Waals surface area contributed by atoms with Crippen LogP contribution >= 0.6 is 11.6 Å². The number of para-hydroxylation sites is 1. The fraction of sp³-hybridized carbons (Fsp3) is 0.286. The van der Waals surface area contributed by atoms with Crippen LogP contribution in [0.15, 0.2) is 41.2 Å². The van der Waals surface area contributed by atoms with Gasteiger partial charge in [-0.1, -0.05) is 23.7 Å². The second-order valence-electron chi connectivity index (χ2n) is 6.16. The number of nitrogens with one attached hydrogen (secondary N) is 1. The summed E-state index contributed by atoms with van der Waals surface area (Å²) in [5.74, 6) is 0.403. The molecule has 0 radical (unpaired) electrons. The molecular weight excluding hydrogens is 396 g/mol. The number of aromatic nitrogens is 2. The van der Waals surface area contributed by atoms with Crippen LogP contribution in [0.4, 0.5) is 0 Å². The normalized spacial score (nSPS) is 11.9. The third-order valence-electron chi connectivity index (χ3n) is 4.11. The number of hydrogen-bond donors (Lipinski definition) is 1. The monoisotopic (exact) mass is 416 g/mol. The van der Waals surface area contributed by atoms with E-state index < -0.39 is 12.1 Å². The first-order valence-corrected chi connectivity index (χ1v) is 9.61. The zero-order valence-corrected chi connectivity index (χ0v) is 17.1. The molecule has 3 aromatic rings. The average molecular weight is 417 g/mol. The molecule has 1 aromatic heterocycles. The van der Waals surface area contributed by atoms with Crippen molar-refractivity contribution in [1.29, 1.82) is 0 Å². The molecule has 8 heteroatoms.